The minimum Gasteiger partial charge on any atom is -0.491 e. The fraction of sp³-hybridized carbons (Fsp3) is 0.625. The van der Waals surface area contributed by atoms with E-state index in [9.17, 15) is 0 Å². The zero-order chi connectivity index (χ0) is 13.5. The topological polar surface area (TPSA) is 21.3 Å². The van der Waals surface area contributed by atoms with Crippen LogP contribution >= 0.6 is 0 Å². The second-order valence-corrected chi connectivity index (χ2v) is 5.14. The molecule has 2 heteroatoms. The van der Waals surface area contributed by atoms with Crippen molar-refractivity contribution < 1.29 is 4.74 Å². The highest BCUT2D eigenvalue weighted by Gasteiger charge is 2.11. The van der Waals surface area contributed by atoms with Gasteiger partial charge in [-0.05, 0) is 51.3 Å². The Morgan fingerprint density at radius 1 is 1.11 bits per heavy atom. The van der Waals surface area contributed by atoms with Crippen LogP contribution in [0.25, 0.3) is 0 Å². The Bertz CT molecular complexity index is 345. The van der Waals surface area contributed by atoms with Crippen LogP contribution in [0.2, 0.25) is 0 Å². The fourth-order valence-electron chi connectivity index (χ4n) is 2.10. The number of benzene rings is 1. The molecule has 0 aliphatic carbocycles. The van der Waals surface area contributed by atoms with E-state index in [1.807, 2.05) is 6.07 Å². The van der Waals surface area contributed by atoms with Gasteiger partial charge in [0.15, 0.2) is 0 Å². The molecule has 0 saturated heterocycles. The van der Waals surface area contributed by atoms with Gasteiger partial charge in [0.2, 0.25) is 0 Å². The lowest BCUT2D eigenvalue weighted by Crippen LogP contribution is -2.30. The maximum atomic E-state index is 5.73. The maximum absolute atomic E-state index is 5.73. The van der Waals surface area contributed by atoms with Crippen LogP contribution in [0.5, 0.6) is 5.75 Å². The molecule has 0 aliphatic rings. The van der Waals surface area contributed by atoms with Gasteiger partial charge in [-0.25, -0.2) is 0 Å². The zero-order valence-electron chi connectivity index (χ0n) is 12.4. The average Bonchev–Trinajstić information content (AvgIpc) is 2.35. The van der Waals surface area contributed by atoms with Gasteiger partial charge in [-0.3, -0.25) is 0 Å². The molecule has 1 aromatic carbocycles. The SMILES string of the molecule is CCC(CC)NC(C)c1cccc(OC(C)C)c1. The summed E-state index contributed by atoms with van der Waals surface area (Å²) in [6, 6.07) is 9.35. The van der Waals surface area contributed by atoms with Crippen LogP contribution < -0.4 is 10.1 Å². The lowest BCUT2D eigenvalue weighted by atomic mass is 10.1. The highest BCUT2D eigenvalue weighted by molar-refractivity contribution is 5.30. The lowest BCUT2D eigenvalue weighted by Gasteiger charge is -2.22. The molecular formula is C16H27NO. The van der Waals surface area contributed by atoms with E-state index in [-0.39, 0.29) is 6.10 Å². The summed E-state index contributed by atoms with van der Waals surface area (Å²) in [4.78, 5) is 0. The van der Waals surface area contributed by atoms with Crippen molar-refractivity contribution in [2.24, 2.45) is 0 Å². The summed E-state index contributed by atoms with van der Waals surface area (Å²) in [6.07, 6.45) is 2.56. The Balaban J connectivity index is 2.70. The van der Waals surface area contributed by atoms with E-state index in [0.717, 1.165) is 5.75 Å². The van der Waals surface area contributed by atoms with Crippen molar-refractivity contribution >= 4 is 0 Å². The number of ether oxygens (including phenoxy) is 1. The molecule has 102 valence electrons. The third-order valence-electron chi connectivity index (χ3n) is 3.20. The Kier molecular flexibility index (Phi) is 6.20. The second kappa shape index (κ2) is 7.42. The molecule has 0 amide bonds. The van der Waals surface area contributed by atoms with E-state index >= 15 is 0 Å². The minimum absolute atomic E-state index is 0.225. The Morgan fingerprint density at radius 2 is 1.78 bits per heavy atom. The quantitative estimate of drug-likeness (QED) is 0.777. The van der Waals surface area contributed by atoms with Gasteiger partial charge in [-0.1, -0.05) is 26.0 Å². The van der Waals surface area contributed by atoms with Crippen LogP contribution in [0.1, 0.15) is 59.1 Å². The molecule has 0 fully saturated rings. The molecule has 0 aliphatic heterocycles. The van der Waals surface area contributed by atoms with Crippen LogP contribution in [0, 0.1) is 0 Å². The van der Waals surface area contributed by atoms with Crippen molar-refractivity contribution in [2.75, 3.05) is 0 Å². The van der Waals surface area contributed by atoms with E-state index in [2.05, 4.69) is 58.1 Å². The van der Waals surface area contributed by atoms with E-state index in [0.29, 0.717) is 12.1 Å². The number of hydrogen-bond donors (Lipinski definition) is 1. The molecule has 1 unspecified atom stereocenters. The standard InChI is InChI=1S/C16H27NO/c1-6-15(7-2)17-13(5)14-9-8-10-16(11-14)18-12(3)4/h8-13,15,17H,6-7H2,1-5H3. The molecule has 0 spiro atoms. The van der Waals surface area contributed by atoms with Gasteiger partial charge in [0.25, 0.3) is 0 Å². The molecule has 2 nitrogen and oxygen atoms in total. The van der Waals surface area contributed by atoms with E-state index in [1.165, 1.54) is 18.4 Å². The van der Waals surface area contributed by atoms with Gasteiger partial charge in [0.1, 0.15) is 5.75 Å². The Morgan fingerprint density at radius 3 is 2.33 bits per heavy atom. The van der Waals surface area contributed by atoms with Crippen molar-refractivity contribution in [1.82, 2.24) is 5.32 Å². The van der Waals surface area contributed by atoms with Gasteiger partial charge in [-0.2, -0.15) is 0 Å². The highest BCUT2D eigenvalue weighted by Crippen LogP contribution is 2.21. The second-order valence-electron chi connectivity index (χ2n) is 5.14. The van der Waals surface area contributed by atoms with E-state index in [4.69, 9.17) is 4.74 Å². The predicted molar refractivity (Wildman–Crippen MR) is 78.1 cm³/mol. The molecule has 0 saturated carbocycles. The summed E-state index contributed by atoms with van der Waals surface area (Å²) < 4.78 is 5.73. The largest absolute Gasteiger partial charge is 0.491 e. The van der Waals surface area contributed by atoms with Crippen molar-refractivity contribution in [1.29, 1.82) is 0 Å². The molecule has 1 atom stereocenters. The third-order valence-corrected chi connectivity index (χ3v) is 3.20. The van der Waals surface area contributed by atoms with Crippen molar-refractivity contribution in [3.05, 3.63) is 29.8 Å². The molecule has 1 N–H and O–H groups in total. The fourth-order valence-corrected chi connectivity index (χ4v) is 2.10. The summed E-state index contributed by atoms with van der Waals surface area (Å²) in [6.45, 7) is 10.8. The van der Waals surface area contributed by atoms with Crippen LogP contribution in [0.3, 0.4) is 0 Å². The first-order valence-corrected chi connectivity index (χ1v) is 7.09. The van der Waals surface area contributed by atoms with Crippen LogP contribution in [-0.2, 0) is 0 Å². The maximum Gasteiger partial charge on any atom is 0.120 e. The molecule has 0 heterocycles. The Hall–Kier alpha value is -1.02. The van der Waals surface area contributed by atoms with Gasteiger partial charge in [0, 0.05) is 12.1 Å². The molecule has 1 rings (SSSR count). The summed E-state index contributed by atoms with van der Waals surface area (Å²) in [5.74, 6) is 0.959. The molecular weight excluding hydrogens is 222 g/mol. The number of nitrogens with one attached hydrogen (secondary N) is 1. The van der Waals surface area contributed by atoms with Crippen molar-refractivity contribution in [3.8, 4) is 5.75 Å². The first kappa shape index (κ1) is 15.0. The molecule has 18 heavy (non-hydrogen) atoms. The van der Waals surface area contributed by atoms with Crippen LogP contribution in [0.4, 0.5) is 0 Å². The summed E-state index contributed by atoms with van der Waals surface area (Å²) >= 11 is 0. The van der Waals surface area contributed by atoms with Crippen LogP contribution in [-0.4, -0.2) is 12.1 Å². The van der Waals surface area contributed by atoms with Crippen molar-refractivity contribution in [2.45, 2.75) is 65.6 Å². The van der Waals surface area contributed by atoms with Gasteiger partial charge in [0.05, 0.1) is 6.10 Å². The molecule has 0 bridgehead atoms. The predicted octanol–water partition coefficient (Wildman–Crippen LogP) is 4.31. The minimum atomic E-state index is 0.225. The van der Waals surface area contributed by atoms with E-state index in [1.54, 1.807) is 0 Å². The van der Waals surface area contributed by atoms with Crippen LogP contribution in [0.15, 0.2) is 24.3 Å². The van der Waals surface area contributed by atoms with Gasteiger partial charge >= 0.3 is 0 Å². The summed E-state index contributed by atoms with van der Waals surface area (Å²) in [5.41, 5.74) is 1.29. The molecule has 1 aromatic rings. The van der Waals surface area contributed by atoms with Crippen molar-refractivity contribution in [3.63, 3.8) is 0 Å². The number of hydrogen-bond acceptors (Lipinski definition) is 2. The third kappa shape index (κ3) is 4.69. The highest BCUT2D eigenvalue weighted by atomic mass is 16.5. The van der Waals surface area contributed by atoms with E-state index < -0.39 is 0 Å². The zero-order valence-corrected chi connectivity index (χ0v) is 12.4. The number of rotatable bonds is 7. The first-order valence-electron chi connectivity index (χ1n) is 7.09. The van der Waals surface area contributed by atoms with Gasteiger partial charge < -0.3 is 10.1 Å². The van der Waals surface area contributed by atoms with Gasteiger partial charge in [-0.15, -0.1) is 0 Å². The first-order chi connectivity index (χ1) is 8.56. The molecule has 0 aromatic heterocycles. The Labute approximate surface area is 112 Å². The molecule has 0 radical (unpaired) electrons. The smallest absolute Gasteiger partial charge is 0.120 e. The average molecular weight is 249 g/mol. The normalized spacial score (nSPS) is 13.1. The lowest BCUT2D eigenvalue weighted by molar-refractivity contribution is 0.242. The summed E-state index contributed by atoms with van der Waals surface area (Å²) in [7, 11) is 0. The summed E-state index contributed by atoms with van der Waals surface area (Å²) in [5, 5.41) is 3.66. The monoisotopic (exact) mass is 249 g/mol.